The molecule has 6 aromatic rings. The van der Waals surface area contributed by atoms with Crippen molar-refractivity contribution in [3.8, 4) is 0 Å². The number of non-ortho nitro benzene ring substituents is 1. The lowest BCUT2D eigenvalue weighted by Gasteiger charge is -2.29. The van der Waals surface area contributed by atoms with Gasteiger partial charge in [0.2, 0.25) is 5.52 Å². The van der Waals surface area contributed by atoms with Crippen LogP contribution in [-0.4, -0.2) is 88.3 Å². The third-order valence-corrected chi connectivity index (χ3v) is 8.06. The maximum absolute atomic E-state index is 12.9. The topological polar surface area (TPSA) is 201 Å². The predicted molar refractivity (Wildman–Crippen MR) is 190 cm³/mol. The van der Waals surface area contributed by atoms with E-state index in [0.717, 1.165) is 22.8 Å². The number of hydrogen-bond donors (Lipinski definition) is 3. The number of carbonyl (C=O) groups excluding carboxylic acids is 1. The minimum atomic E-state index is -0.711. The van der Waals surface area contributed by atoms with Crippen LogP contribution < -0.4 is 10.6 Å². The summed E-state index contributed by atoms with van der Waals surface area (Å²) in [5, 5.41) is 35.9. The van der Waals surface area contributed by atoms with Gasteiger partial charge >= 0.3 is 5.69 Å². The average Bonchev–Trinajstić information content (AvgIpc) is 3.65. The quantitative estimate of drug-likeness (QED) is 0.0666. The van der Waals surface area contributed by atoms with Crippen molar-refractivity contribution in [2.75, 3.05) is 31.5 Å². The van der Waals surface area contributed by atoms with Crippen LogP contribution in [0.4, 0.5) is 11.4 Å². The number of nitrogens with zero attached hydrogens (tertiary/aromatic N) is 9. The summed E-state index contributed by atoms with van der Waals surface area (Å²) in [5.41, 5.74) is 4.33. The van der Waals surface area contributed by atoms with Crippen molar-refractivity contribution in [1.29, 1.82) is 0 Å². The first-order chi connectivity index (χ1) is 25.4. The summed E-state index contributed by atoms with van der Waals surface area (Å²) in [6, 6.07) is 23.7. The maximum Gasteiger partial charge on any atom is 0.300 e. The highest BCUT2D eigenvalue weighted by Gasteiger charge is 2.21. The van der Waals surface area contributed by atoms with E-state index in [4.69, 9.17) is 0 Å². The van der Waals surface area contributed by atoms with Crippen LogP contribution in [-0.2, 0) is 26.2 Å². The first kappa shape index (κ1) is 35.6. The Labute approximate surface area is 298 Å². The van der Waals surface area contributed by atoms with Gasteiger partial charge in [0.15, 0.2) is 5.52 Å². The van der Waals surface area contributed by atoms with E-state index in [2.05, 4.69) is 55.3 Å². The van der Waals surface area contributed by atoms with Gasteiger partial charge in [-0.05, 0) is 64.9 Å². The van der Waals surface area contributed by atoms with Gasteiger partial charge in [0, 0.05) is 83.2 Å². The van der Waals surface area contributed by atoms with Crippen LogP contribution in [0.1, 0.15) is 33.1 Å². The van der Waals surface area contributed by atoms with Crippen LogP contribution in [0, 0.1) is 10.1 Å². The van der Waals surface area contributed by atoms with Crippen molar-refractivity contribution in [1.82, 2.24) is 45.4 Å². The minimum absolute atomic E-state index is 0.0431. The number of nitro benzene ring substituents is 1. The molecule has 0 aliphatic heterocycles. The number of rotatable bonds is 18. The van der Waals surface area contributed by atoms with Crippen LogP contribution in [0.2, 0.25) is 0 Å². The van der Waals surface area contributed by atoms with Crippen molar-refractivity contribution < 1.29 is 19.5 Å². The van der Waals surface area contributed by atoms with Crippen LogP contribution in [0.3, 0.4) is 0 Å². The average molecular weight is 704 g/mol. The van der Waals surface area contributed by atoms with Crippen LogP contribution in [0.5, 0.6) is 0 Å². The standard InChI is InChI=1S/C36H37N11O5/c48-31(24-45(20-27-7-1-4-14-37-27)21-28-8-2-5-15-38-28)25-46(22-29-9-3-6-16-39-29)23-30-11-10-26(19-42-30)36(49)41-18-17-40-32-12-13-33(47(50)51)35-34(32)43-52-44-35/h1-16,19,31,40,48H,17-18,20-25H2,(H,41,49). The number of nitro groups is 1. The Hall–Kier alpha value is -6.23. The SMILES string of the molecule is O=C(NCCNc1ccc([N+](=O)[O-])c2nonc12)c1ccc(CN(Cc2ccccn2)CC(O)CN(Cc2ccccn2)Cc2ccccn2)nc1. The fourth-order valence-electron chi connectivity index (χ4n) is 5.69. The monoisotopic (exact) mass is 703 g/mol. The van der Waals surface area contributed by atoms with Gasteiger partial charge in [0.25, 0.3) is 5.91 Å². The Kier molecular flexibility index (Phi) is 12.1. The van der Waals surface area contributed by atoms with Gasteiger partial charge in [-0.3, -0.25) is 44.6 Å². The molecule has 0 saturated heterocycles. The van der Waals surface area contributed by atoms with E-state index in [1.807, 2.05) is 54.6 Å². The van der Waals surface area contributed by atoms with Crippen LogP contribution in [0.25, 0.3) is 11.0 Å². The first-order valence-electron chi connectivity index (χ1n) is 16.6. The molecule has 52 heavy (non-hydrogen) atoms. The first-order valence-corrected chi connectivity index (χ1v) is 16.6. The Morgan fingerprint density at radius 1 is 0.731 bits per heavy atom. The van der Waals surface area contributed by atoms with Gasteiger partial charge in [0.1, 0.15) is 0 Å². The highest BCUT2D eigenvalue weighted by atomic mass is 16.6. The van der Waals surface area contributed by atoms with Crippen LogP contribution >= 0.6 is 0 Å². The lowest BCUT2D eigenvalue weighted by atomic mass is 10.2. The second kappa shape index (κ2) is 17.6. The van der Waals surface area contributed by atoms with E-state index in [0.29, 0.717) is 57.1 Å². The summed E-state index contributed by atoms with van der Waals surface area (Å²) in [7, 11) is 0. The van der Waals surface area contributed by atoms with Crippen molar-refractivity contribution in [3.63, 3.8) is 0 Å². The smallest absolute Gasteiger partial charge is 0.300 e. The predicted octanol–water partition coefficient (Wildman–Crippen LogP) is 3.62. The summed E-state index contributed by atoms with van der Waals surface area (Å²) in [5.74, 6) is -0.306. The Balaban J connectivity index is 1.05. The molecule has 5 heterocycles. The third-order valence-electron chi connectivity index (χ3n) is 8.06. The number of aliphatic hydroxyl groups is 1. The molecular weight excluding hydrogens is 666 g/mol. The van der Waals surface area contributed by atoms with E-state index >= 15 is 0 Å². The summed E-state index contributed by atoms with van der Waals surface area (Å²) in [6.45, 7) is 3.32. The number of pyridine rings is 4. The molecular formula is C36H37N11O5. The number of aromatic nitrogens is 6. The van der Waals surface area contributed by atoms with Crippen molar-refractivity contribution >= 4 is 28.3 Å². The van der Waals surface area contributed by atoms with Gasteiger partial charge < -0.3 is 15.7 Å². The molecule has 16 heteroatoms. The zero-order valence-corrected chi connectivity index (χ0v) is 28.2. The number of carbonyl (C=O) groups is 1. The normalized spacial score (nSPS) is 11.9. The lowest BCUT2D eigenvalue weighted by molar-refractivity contribution is -0.383. The molecule has 6 rings (SSSR count). The van der Waals surface area contributed by atoms with Gasteiger partial charge in [-0.15, -0.1) is 0 Å². The Morgan fingerprint density at radius 2 is 1.29 bits per heavy atom. The molecule has 16 nitrogen and oxygen atoms in total. The highest BCUT2D eigenvalue weighted by molar-refractivity contribution is 5.94. The molecule has 0 aliphatic rings. The molecule has 1 amide bonds. The van der Waals surface area contributed by atoms with Gasteiger partial charge in [-0.25, -0.2) is 4.63 Å². The molecule has 1 aromatic carbocycles. The number of anilines is 1. The Morgan fingerprint density at radius 3 is 1.79 bits per heavy atom. The number of amides is 1. The van der Waals surface area contributed by atoms with Gasteiger partial charge in [-0.2, -0.15) is 0 Å². The van der Waals surface area contributed by atoms with Crippen molar-refractivity contribution in [3.05, 3.63) is 142 Å². The fourth-order valence-corrected chi connectivity index (χ4v) is 5.69. The van der Waals surface area contributed by atoms with Crippen molar-refractivity contribution in [2.45, 2.75) is 32.3 Å². The number of nitrogens with one attached hydrogen (secondary N) is 2. The number of benzene rings is 1. The highest BCUT2D eigenvalue weighted by Crippen LogP contribution is 2.28. The van der Waals surface area contributed by atoms with Crippen LogP contribution in [0.15, 0.2) is 108 Å². The fraction of sp³-hybridized carbons (Fsp3) is 0.250. The summed E-state index contributed by atoms with van der Waals surface area (Å²) in [6.07, 6.45) is 6.08. The molecule has 0 radical (unpaired) electrons. The molecule has 0 fully saturated rings. The second-order valence-electron chi connectivity index (χ2n) is 12.0. The second-order valence-corrected chi connectivity index (χ2v) is 12.0. The molecule has 5 aromatic heterocycles. The molecule has 3 N–H and O–H groups in total. The summed E-state index contributed by atoms with van der Waals surface area (Å²) < 4.78 is 4.69. The van der Waals surface area contributed by atoms with E-state index in [9.17, 15) is 20.0 Å². The number of hydrogen-bond acceptors (Lipinski definition) is 14. The number of fused-ring (bicyclic) bond motifs is 1. The molecule has 0 aliphatic carbocycles. The van der Waals surface area contributed by atoms with E-state index < -0.39 is 11.0 Å². The van der Waals surface area contributed by atoms with Crippen molar-refractivity contribution in [2.24, 2.45) is 0 Å². The molecule has 1 atom stereocenters. The third kappa shape index (κ3) is 9.94. The van der Waals surface area contributed by atoms with E-state index in [1.54, 1.807) is 30.7 Å². The Bertz CT molecular complexity index is 1990. The summed E-state index contributed by atoms with van der Waals surface area (Å²) >= 11 is 0. The zero-order chi connectivity index (χ0) is 36.1. The zero-order valence-electron chi connectivity index (χ0n) is 28.2. The molecule has 266 valence electrons. The molecule has 0 spiro atoms. The van der Waals surface area contributed by atoms with E-state index in [-0.39, 0.29) is 29.2 Å². The largest absolute Gasteiger partial charge is 0.390 e. The molecule has 0 bridgehead atoms. The van der Waals surface area contributed by atoms with Gasteiger partial charge in [-0.1, -0.05) is 18.2 Å². The lowest BCUT2D eigenvalue weighted by Crippen LogP contribution is -2.40. The molecule has 0 saturated carbocycles. The summed E-state index contributed by atoms with van der Waals surface area (Å²) in [4.78, 5) is 45.8. The van der Waals surface area contributed by atoms with E-state index in [1.165, 1.54) is 18.3 Å². The minimum Gasteiger partial charge on any atom is -0.390 e. The van der Waals surface area contributed by atoms with Gasteiger partial charge in [0.05, 0.1) is 45.1 Å². The maximum atomic E-state index is 12.9. The number of aliphatic hydroxyl groups excluding tert-OH is 1. The molecule has 1 unspecified atom stereocenters.